The van der Waals surface area contributed by atoms with Crippen LogP contribution in [0.5, 0.6) is 0 Å². The number of carboxylic acids is 1. The van der Waals surface area contributed by atoms with Crippen LogP contribution in [0, 0.1) is 0 Å². The molecule has 9 heteroatoms. The van der Waals surface area contributed by atoms with Crippen molar-refractivity contribution < 1.29 is 19.5 Å². The number of amides is 2. The summed E-state index contributed by atoms with van der Waals surface area (Å²) >= 11 is 2.74. The van der Waals surface area contributed by atoms with Gasteiger partial charge in [-0.15, -0.1) is 11.3 Å². The molecule has 0 bridgehead atoms. The Morgan fingerprint density at radius 3 is 2.86 bits per heavy atom. The van der Waals surface area contributed by atoms with Crippen LogP contribution >= 0.6 is 23.1 Å². The van der Waals surface area contributed by atoms with E-state index >= 15 is 0 Å². The molecule has 116 valence electrons. The van der Waals surface area contributed by atoms with Crippen LogP contribution in [-0.2, 0) is 20.1 Å². The Balaban J connectivity index is 2.53. The number of carbonyl (C=O) groups excluding carboxylic acids is 2. The molecular formula is C12H17N3O4S2. The normalized spacial score (nSPS) is 11.7. The summed E-state index contributed by atoms with van der Waals surface area (Å²) < 4.78 is 0. The van der Waals surface area contributed by atoms with Crippen LogP contribution < -0.4 is 10.2 Å². The summed E-state index contributed by atoms with van der Waals surface area (Å²) in [5.74, 6) is -0.351. The van der Waals surface area contributed by atoms with Crippen molar-refractivity contribution in [2.24, 2.45) is 0 Å². The van der Waals surface area contributed by atoms with Crippen molar-refractivity contribution in [3.05, 3.63) is 11.1 Å². The average Bonchev–Trinajstić information content (AvgIpc) is 2.86. The van der Waals surface area contributed by atoms with E-state index in [2.05, 4.69) is 10.3 Å². The molecule has 21 heavy (non-hydrogen) atoms. The fourth-order valence-corrected chi connectivity index (χ4v) is 3.52. The number of thiazole rings is 1. The fraction of sp³-hybridized carbons (Fsp3) is 0.500. The van der Waals surface area contributed by atoms with E-state index in [1.54, 1.807) is 4.90 Å². The predicted molar refractivity (Wildman–Crippen MR) is 82.6 cm³/mol. The van der Waals surface area contributed by atoms with Crippen LogP contribution in [0.2, 0.25) is 0 Å². The van der Waals surface area contributed by atoms with E-state index in [4.69, 9.17) is 5.11 Å². The van der Waals surface area contributed by atoms with E-state index in [1.807, 2.05) is 12.3 Å². The molecular weight excluding hydrogens is 314 g/mol. The second-order valence-electron chi connectivity index (χ2n) is 4.08. The lowest BCUT2D eigenvalue weighted by Crippen LogP contribution is -2.37. The third-order valence-electron chi connectivity index (χ3n) is 2.57. The lowest BCUT2D eigenvalue weighted by molar-refractivity contribution is -0.139. The molecule has 2 amide bonds. The number of nitrogens with one attached hydrogen (secondary N) is 1. The van der Waals surface area contributed by atoms with Gasteiger partial charge in [0, 0.05) is 30.4 Å². The van der Waals surface area contributed by atoms with Gasteiger partial charge < -0.3 is 10.4 Å². The van der Waals surface area contributed by atoms with Gasteiger partial charge in [-0.05, 0) is 6.92 Å². The first kappa shape index (κ1) is 17.4. The Bertz CT molecular complexity index is 506. The van der Waals surface area contributed by atoms with Gasteiger partial charge in [-0.1, -0.05) is 0 Å². The van der Waals surface area contributed by atoms with Crippen molar-refractivity contribution in [1.82, 2.24) is 10.3 Å². The number of nitrogens with zero attached hydrogens (tertiary/aromatic N) is 2. The number of aliphatic carboxylic acids is 1. The summed E-state index contributed by atoms with van der Waals surface area (Å²) in [5.41, 5.74) is 0.787. The topological polar surface area (TPSA) is 99.6 Å². The molecule has 0 aliphatic heterocycles. The number of hydrogen-bond acceptors (Lipinski definition) is 6. The molecule has 1 atom stereocenters. The Kier molecular flexibility index (Phi) is 7.17. The smallest absolute Gasteiger partial charge is 0.327 e. The molecule has 0 aliphatic rings. The van der Waals surface area contributed by atoms with Crippen molar-refractivity contribution in [3.63, 3.8) is 0 Å². The minimum absolute atomic E-state index is 0.0628. The molecule has 0 aliphatic carbocycles. The molecule has 2 N–H and O–H groups in total. The molecule has 0 aromatic carbocycles. The van der Waals surface area contributed by atoms with Crippen LogP contribution in [0.15, 0.2) is 5.38 Å². The zero-order valence-corrected chi connectivity index (χ0v) is 13.4. The van der Waals surface area contributed by atoms with Gasteiger partial charge in [0.25, 0.3) is 0 Å². The molecule has 0 radical (unpaired) electrons. The largest absolute Gasteiger partial charge is 0.480 e. The van der Waals surface area contributed by atoms with Crippen LogP contribution in [0.4, 0.5) is 5.13 Å². The van der Waals surface area contributed by atoms with E-state index in [0.29, 0.717) is 23.8 Å². The molecule has 1 aromatic heterocycles. The first-order valence-corrected chi connectivity index (χ1v) is 8.25. The maximum atomic E-state index is 11.4. The van der Waals surface area contributed by atoms with Crippen molar-refractivity contribution in [2.45, 2.75) is 25.6 Å². The summed E-state index contributed by atoms with van der Waals surface area (Å²) in [6.07, 6.45) is 0.381. The molecule has 1 heterocycles. The van der Waals surface area contributed by atoms with E-state index < -0.39 is 12.0 Å². The standard InChI is InChI=1S/C12H17N3O4S2/c1-3-15(8(2)17)12-14-9(5-21-12)4-20-6-10(11(18)19)13-7-16/h5,7,10H,3-4,6H2,1-2H3,(H,13,16)(H,18,19). The summed E-state index contributed by atoms with van der Waals surface area (Å²) in [6.45, 7) is 3.92. The second kappa shape index (κ2) is 8.63. The number of rotatable bonds is 9. The fourth-order valence-electron chi connectivity index (χ4n) is 1.53. The first-order valence-electron chi connectivity index (χ1n) is 6.22. The van der Waals surface area contributed by atoms with Crippen molar-refractivity contribution in [1.29, 1.82) is 0 Å². The minimum Gasteiger partial charge on any atom is -0.480 e. The average molecular weight is 331 g/mol. The number of carboxylic acid groups (broad SMARTS) is 1. The van der Waals surface area contributed by atoms with Gasteiger partial charge in [0.2, 0.25) is 12.3 Å². The van der Waals surface area contributed by atoms with Gasteiger partial charge in [0.15, 0.2) is 5.13 Å². The molecule has 0 spiro atoms. The highest BCUT2D eigenvalue weighted by Crippen LogP contribution is 2.23. The highest BCUT2D eigenvalue weighted by atomic mass is 32.2. The van der Waals surface area contributed by atoms with Crippen LogP contribution in [0.25, 0.3) is 0 Å². The highest BCUT2D eigenvalue weighted by molar-refractivity contribution is 7.98. The number of carbonyl (C=O) groups is 3. The maximum absolute atomic E-state index is 11.4. The summed E-state index contributed by atoms with van der Waals surface area (Å²) in [4.78, 5) is 38.5. The first-order chi connectivity index (χ1) is 9.99. The van der Waals surface area contributed by atoms with Gasteiger partial charge in [-0.2, -0.15) is 11.8 Å². The molecule has 7 nitrogen and oxygen atoms in total. The van der Waals surface area contributed by atoms with Crippen LogP contribution in [-0.4, -0.2) is 46.7 Å². The summed E-state index contributed by atoms with van der Waals surface area (Å²) in [5, 5.41) is 13.6. The lowest BCUT2D eigenvalue weighted by Gasteiger charge is -2.14. The predicted octanol–water partition coefficient (Wildman–Crippen LogP) is 0.948. The van der Waals surface area contributed by atoms with Crippen molar-refractivity contribution in [2.75, 3.05) is 17.2 Å². The van der Waals surface area contributed by atoms with E-state index in [9.17, 15) is 14.4 Å². The highest BCUT2D eigenvalue weighted by Gasteiger charge is 2.17. The van der Waals surface area contributed by atoms with Crippen LogP contribution in [0.3, 0.4) is 0 Å². The molecule has 0 saturated heterocycles. The summed E-state index contributed by atoms with van der Waals surface area (Å²) in [7, 11) is 0. The molecule has 0 fully saturated rings. The molecule has 0 saturated carbocycles. The third kappa shape index (κ3) is 5.35. The van der Waals surface area contributed by atoms with E-state index in [0.717, 1.165) is 5.69 Å². The minimum atomic E-state index is -1.07. The molecule has 1 aromatic rings. The van der Waals surface area contributed by atoms with Gasteiger partial charge in [0.1, 0.15) is 6.04 Å². The van der Waals surface area contributed by atoms with Gasteiger partial charge in [-0.3, -0.25) is 14.5 Å². The Morgan fingerprint density at radius 2 is 2.33 bits per heavy atom. The lowest BCUT2D eigenvalue weighted by atomic mass is 10.3. The summed E-state index contributed by atoms with van der Waals surface area (Å²) in [6, 6.07) is -0.907. The Labute approximate surface area is 130 Å². The van der Waals surface area contributed by atoms with E-state index in [-0.39, 0.29) is 11.7 Å². The quantitative estimate of drug-likeness (QED) is 0.654. The van der Waals surface area contributed by atoms with Crippen molar-refractivity contribution in [3.8, 4) is 0 Å². The second-order valence-corrected chi connectivity index (χ2v) is 5.94. The monoisotopic (exact) mass is 331 g/mol. The zero-order chi connectivity index (χ0) is 15.8. The zero-order valence-electron chi connectivity index (χ0n) is 11.7. The SMILES string of the molecule is CCN(C(C)=O)c1nc(CSCC(NC=O)C(=O)O)cs1. The number of thioether (sulfide) groups is 1. The number of anilines is 1. The van der Waals surface area contributed by atoms with E-state index in [1.165, 1.54) is 30.0 Å². The molecule has 1 unspecified atom stereocenters. The maximum Gasteiger partial charge on any atom is 0.327 e. The van der Waals surface area contributed by atoms with Crippen LogP contribution in [0.1, 0.15) is 19.5 Å². The Morgan fingerprint density at radius 1 is 1.62 bits per heavy atom. The van der Waals surface area contributed by atoms with Gasteiger partial charge in [0.05, 0.1) is 5.69 Å². The molecule has 1 rings (SSSR count). The third-order valence-corrected chi connectivity index (χ3v) is 4.55. The number of hydrogen-bond donors (Lipinski definition) is 2. The number of aromatic nitrogens is 1. The Hall–Kier alpha value is -1.61. The van der Waals surface area contributed by atoms with Gasteiger partial charge in [-0.25, -0.2) is 9.78 Å². The van der Waals surface area contributed by atoms with Crippen molar-refractivity contribution >= 4 is 46.5 Å². The van der Waals surface area contributed by atoms with Gasteiger partial charge >= 0.3 is 5.97 Å².